The molecule has 2 fully saturated rings. The summed E-state index contributed by atoms with van der Waals surface area (Å²) >= 11 is 0. The Balaban J connectivity index is 1.82. The van der Waals surface area contributed by atoms with Crippen molar-refractivity contribution in [3.63, 3.8) is 0 Å². The van der Waals surface area contributed by atoms with Gasteiger partial charge in [0.2, 0.25) is 0 Å². The highest BCUT2D eigenvalue weighted by atomic mass is 16.4. The molecule has 1 aromatic carbocycles. The molecule has 0 saturated carbocycles. The van der Waals surface area contributed by atoms with Crippen LogP contribution in [0.2, 0.25) is 0 Å². The number of hydrogen-bond donors (Lipinski definition) is 2. The molecule has 4 rings (SSSR count). The summed E-state index contributed by atoms with van der Waals surface area (Å²) in [6.45, 7) is 2.27. The van der Waals surface area contributed by atoms with Crippen molar-refractivity contribution in [2.75, 3.05) is 5.73 Å². The highest BCUT2D eigenvalue weighted by Crippen LogP contribution is 2.42. The smallest absolute Gasteiger partial charge is 0.341 e. The van der Waals surface area contributed by atoms with Crippen molar-refractivity contribution >= 4 is 16.7 Å². The number of para-hydroxylation sites is 1. The van der Waals surface area contributed by atoms with E-state index < -0.39 is 0 Å². The lowest BCUT2D eigenvalue weighted by Gasteiger charge is -2.47. The molecule has 1 aromatic heterocycles. The molecule has 3 atom stereocenters. The Morgan fingerprint density at radius 3 is 3.00 bits per heavy atom. The van der Waals surface area contributed by atoms with E-state index in [0.29, 0.717) is 22.9 Å². The third kappa shape index (κ3) is 2.13. The van der Waals surface area contributed by atoms with E-state index in [1.165, 1.54) is 19.3 Å². The Morgan fingerprint density at radius 2 is 2.18 bits per heavy atom. The van der Waals surface area contributed by atoms with E-state index in [2.05, 4.69) is 12.2 Å². The van der Waals surface area contributed by atoms with Crippen LogP contribution in [0.4, 0.5) is 5.69 Å². The van der Waals surface area contributed by atoms with E-state index in [9.17, 15) is 4.79 Å². The first-order chi connectivity index (χ1) is 10.6. The quantitative estimate of drug-likeness (QED) is 0.794. The van der Waals surface area contributed by atoms with Crippen LogP contribution in [0.5, 0.6) is 0 Å². The average molecular weight is 298 g/mol. The Labute approximate surface area is 129 Å². The van der Waals surface area contributed by atoms with Gasteiger partial charge in [-0.3, -0.25) is 0 Å². The molecule has 0 radical (unpaired) electrons. The van der Waals surface area contributed by atoms with Gasteiger partial charge in [0.15, 0.2) is 0 Å². The van der Waals surface area contributed by atoms with Crippen molar-refractivity contribution in [1.29, 1.82) is 0 Å². The van der Waals surface area contributed by atoms with Gasteiger partial charge in [0.1, 0.15) is 5.58 Å². The maximum atomic E-state index is 12.5. The van der Waals surface area contributed by atoms with Crippen LogP contribution in [0.1, 0.15) is 50.5 Å². The lowest BCUT2D eigenvalue weighted by molar-refractivity contribution is 0.140. The number of nitrogens with one attached hydrogen (secondary N) is 1. The van der Waals surface area contributed by atoms with Crippen LogP contribution in [0.25, 0.3) is 11.0 Å². The van der Waals surface area contributed by atoms with E-state index in [1.807, 2.05) is 18.2 Å². The molecule has 2 aromatic rings. The van der Waals surface area contributed by atoms with Gasteiger partial charge in [-0.2, -0.15) is 0 Å². The second-order valence-corrected chi connectivity index (χ2v) is 7.14. The number of hydrogen-bond acceptors (Lipinski definition) is 4. The minimum Gasteiger partial charge on any atom is -0.422 e. The topological polar surface area (TPSA) is 68.3 Å². The molecular formula is C18H22N2O2. The standard InChI is InChI=1S/C18H22N2O2/c1-18-8-4-5-12(20-18)9-11(10-18)15-16(19)13-6-2-3-7-14(13)22-17(15)21/h2-3,6-7,11-12,20H,4-5,8-10,19H2,1H3. The van der Waals surface area contributed by atoms with Crippen LogP contribution in [-0.2, 0) is 0 Å². The Bertz CT molecular complexity index is 782. The molecule has 3 N–H and O–H groups in total. The number of nitrogen functional groups attached to an aromatic ring is 1. The van der Waals surface area contributed by atoms with E-state index in [1.54, 1.807) is 6.07 Å². The predicted molar refractivity (Wildman–Crippen MR) is 88.1 cm³/mol. The van der Waals surface area contributed by atoms with Crippen molar-refractivity contribution < 1.29 is 4.42 Å². The Morgan fingerprint density at radius 1 is 1.36 bits per heavy atom. The monoisotopic (exact) mass is 298 g/mol. The number of piperidine rings is 2. The van der Waals surface area contributed by atoms with Crippen LogP contribution in [0.3, 0.4) is 0 Å². The molecular weight excluding hydrogens is 276 g/mol. The summed E-state index contributed by atoms with van der Waals surface area (Å²) in [7, 11) is 0. The molecule has 4 nitrogen and oxygen atoms in total. The molecule has 0 spiro atoms. The van der Waals surface area contributed by atoms with E-state index in [0.717, 1.165) is 18.2 Å². The molecule has 3 heterocycles. The van der Waals surface area contributed by atoms with Crippen molar-refractivity contribution in [1.82, 2.24) is 5.32 Å². The summed E-state index contributed by atoms with van der Waals surface area (Å²) in [4.78, 5) is 12.5. The minimum atomic E-state index is -0.259. The van der Waals surface area contributed by atoms with Crippen LogP contribution < -0.4 is 16.7 Å². The zero-order valence-electron chi connectivity index (χ0n) is 12.9. The third-order valence-corrected chi connectivity index (χ3v) is 5.40. The van der Waals surface area contributed by atoms with Gasteiger partial charge in [-0.05, 0) is 50.7 Å². The second kappa shape index (κ2) is 4.85. The van der Waals surface area contributed by atoms with Gasteiger partial charge in [0.25, 0.3) is 0 Å². The summed E-state index contributed by atoms with van der Waals surface area (Å²) in [5.41, 5.74) is 8.11. The number of rotatable bonds is 1. The number of anilines is 1. The molecule has 4 heteroatoms. The normalized spacial score (nSPS) is 31.3. The zero-order chi connectivity index (χ0) is 15.3. The Hall–Kier alpha value is -1.81. The third-order valence-electron chi connectivity index (χ3n) is 5.40. The minimum absolute atomic E-state index is 0.121. The molecule has 2 aliphatic rings. The predicted octanol–water partition coefficient (Wildman–Crippen LogP) is 3.15. The maximum Gasteiger partial charge on any atom is 0.341 e. The van der Waals surface area contributed by atoms with Crippen molar-refractivity contribution in [2.45, 2.75) is 56.5 Å². The van der Waals surface area contributed by atoms with Gasteiger partial charge < -0.3 is 15.5 Å². The zero-order valence-corrected chi connectivity index (χ0v) is 12.9. The first-order valence-corrected chi connectivity index (χ1v) is 8.15. The fourth-order valence-electron chi connectivity index (χ4n) is 4.48. The molecule has 2 bridgehead atoms. The Kier molecular flexibility index (Phi) is 3.05. The summed E-state index contributed by atoms with van der Waals surface area (Å²) in [5, 5.41) is 4.58. The van der Waals surface area contributed by atoms with Crippen molar-refractivity contribution in [3.8, 4) is 0 Å². The molecule has 2 aliphatic heterocycles. The van der Waals surface area contributed by atoms with Gasteiger partial charge >= 0.3 is 5.63 Å². The van der Waals surface area contributed by atoms with E-state index >= 15 is 0 Å². The van der Waals surface area contributed by atoms with Gasteiger partial charge in [-0.25, -0.2) is 4.79 Å². The SMILES string of the molecule is CC12CCCC(CC(c3c(N)c4ccccc4oc3=O)C1)N2. The molecule has 3 unspecified atom stereocenters. The number of fused-ring (bicyclic) bond motifs is 3. The molecule has 22 heavy (non-hydrogen) atoms. The van der Waals surface area contributed by atoms with Gasteiger partial charge in [-0.1, -0.05) is 18.6 Å². The molecule has 2 saturated heterocycles. The van der Waals surface area contributed by atoms with E-state index in [4.69, 9.17) is 10.2 Å². The lowest BCUT2D eigenvalue weighted by atomic mass is 9.70. The van der Waals surface area contributed by atoms with Gasteiger partial charge in [0, 0.05) is 17.0 Å². The number of benzene rings is 1. The van der Waals surface area contributed by atoms with Crippen LogP contribution in [0, 0.1) is 0 Å². The highest BCUT2D eigenvalue weighted by molar-refractivity contribution is 5.90. The van der Waals surface area contributed by atoms with Crippen LogP contribution >= 0.6 is 0 Å². The second-order valence-electron chi connectivity index (χ2n) is 7.14. The summed E-state index contributed by atoms with van der Waals surface area (Å²) in [5.74, 6) is 0.192. The average Bonchev–Trinajstić information content (AvgIpc) is 2.46. The van der Waals surface area contributed by atoms with Crippen molar-refractivity contribution in [3.05, 3.63) is 40.2 Å². The largest absolute Gasteiger partial charge is 0.422 e. The first kappa shape index (κ1) is 13.8. The van der Waals surface area contributed by atoms with Crippen molar-refractivity contribution in [2.24, 2.45) is 0 Å². The summed E-state index contributed by atoms with van der Waals surface area (Å²) in [6, 6.07) is 8.01. The lowest BCUT2D eigenvalue weighted by Crippen LogP contribution is -2.56. The van der Waals surface area contributed by atoms with Crippen LogP contribution in [-0.4, -0.2) is 11.6 Å². The summed E-state index contributed by atoms with van der Waals surface area (Å²) < 4.78 is 5.53. The fraction of sp³-hybridized carbons (Fsp3) is 0.500. The summed E-state index contributed by atoms with van der Waals surface area (Å²) in [6.07, 6.45) is 5.55. The van der Waals surface area contributed by atoms with Crippen LogP contribution in [0.15, 0.2) is 33.5 Å². The maximum absolute atomic E-state index is 12.5. The van der Waals surface area contributed by atoms with Gasteiger partial charge in [0.05, 0.1) is 11.3 Å². The number of nitrogens with two attached hydrogens (primary N) is 1. The molecule has 0 aliphatic carbocycles. The fourth-order valence-corrected chi connectivity index (χ4v) is 4.48. The highest BCUT2D eigenvalue weighted by Gasteiger charge is 2.41. The molecule has 116 valence electrons. The first-order valence-electron chi connectivity index (χ1n) is 8.15. The van der Waals surface area contributed by atoms with E-state index in [-0.39, 0.29) is 17.1 Å². The molecule has 0 amide bonds. The van der Waals surface area contributed by atoms with Gasteiger partial charge in [-0.15, -0.1) is 0 Å².